The lowest BCUT2D eigenvalue weighted by molar-refractivity contribution is 0.462. The maximum atomic E-state index is 8.50. The molecule has 0 radical (unpaired) electrons. The van der Waals surface area contributed by atoms with Crippen molar-refractivity contribution in [3.8, 4) is 23.0 Å². The summed E-state index contributed by atoms with van der Waals surface area (Å²) in [5.41, 5.74) is 0.454. The van der Waals surface area contributed by atoms with Crippen molar-refractivity contribution < 1.29 is 23.2 Å². The van der Waals surface area contributed by atoms with E-state index in [1.165, 1.54) is 0 Å². The highest BCUT2D eigenvalue weighted by molar-refractivity contribution is 6.98. The van der Waals surface area contributed by atoms with Gasteiger partial charge in [-0.25, -0.2) is 0 Å². The highest BCUT2D eigenvalue weighted by Gasteiger charge is 2.40. The van der Waals surface area contributed by atoms with Gasteiger partial charge in [0.05, 0.1) is 13.7 Å². The largest absolute Gasteiger partial charge is 0.458 e. The van der Waals surface area contributed by atoms with E-state index in [0.29, 0.717) is 0 Å². The average Bonchev–Trinajstić information content (AvgIpc) is 2.79. The van der Waals surface area contributed by atoms with Gasteiger partial charge in [0, 0.05) is 5.46 Å². The molecule has 2 aliphatic rings. The van der Waals surface area contributed by atoms with Crippen molar-refractivity contribution in [2.75, 3.05) is 0 Å². The Bertz CT molecular complexity index is 1270. The van der Waals surface area contributed by atoms with Crippen LogP contribution < -0.4 is 25.9 Å². The SMILES string of the molecule is [2H]c1c([2H])c([2H])c2c(c1[2H])Oc1c([2H])c([2H])c(C)c3c1B2c1c([2H])c([2H])c([2H])c([2H])c1O3. The second-order valence-electron chi connectivity index (χ2n) is 5.07. The first-order valence-corrected chi connectivity index (χ1v) is 6.68. The van der Waals surface area contributed by atoms with Gasteiger partial charge in [-0.1, -0.05) is 42.3 Å². The van der Waals surface area contributed by atoms with Gasteiger partial charge in [0.15, 0.2) is 0 Å². The molecule has 2 nitrogen and oxygen atoms in total. The Balaban J connectivity index is 2.03. The van der Waals surface area contributed by atoms with Crippen LogP contribution in [-0.2, 0) is 0 Å². The molecule has 3 aromatic rings. The van der Waals surface area contributed by atoms with Crippen LogP contribution in [0.4, 0.5) is 0 Å². The van der Waals surface area contributed by atoms with Gasteiger partial charge in [-0.3, -0.25) is 0 Å². The molecule has 0 N–H and O–H groups in total. The summed E-state index contributed by atoms with van der Waals surface area (Å²) in [6.07, 6.45) is 0. The zero-order valence-corrected chi connectivity index (χ0v) is 11.4. The van der Waals surface area contributed by atoms with Gasteiger partial charge in [0.2, 0.25) is 0 Å². The van der Waals surface area contributed by atoms with E-state index in [9.17, 15) is 0 Å². The van der Waals surface area contributed by atoms with Gasteiger partial charge in [-0.05, 0) is 41.5 Å². The first-order valence-electron chi connectivity index (χ1n) is 11.7. The van der Waals surface area contributed by atoms with E-state index in [0.717, 1.165) is 0 Å². The predicted molar refractivity (Wildman–Crippen MR) is 88.9 cm³/mol. The summed E-state index contributed by atoms with van der Waals surface area (Å²) in [7, 11) is 0. The smallest absolute Gasteiger partial charge is 0.260 e. The molecule has 3 aromatic carbocycles. The Morgan fingerprint density at radius 2 is 1.41 bits per heavy atom. The van der Waals surface area contributed by atoms with E-state index in [1.54, 1.807) is 6.92 Å². The Morgan fingerprint density at radius 3 is 2.14 bits per heavy atom. The topological polar surface area (TPSA) is 18.5 Å². The van der Waals surface area contributed by atoms with Crippen LogP contribution in [0.25, 0.3) is 0 Å². The molecule has 2 heterocycles. The number of para-hydroxylation sites is 2. The van der Waals surface area contributed by atoms with Gasteiger partial charge in [-0.2, -0.15) is 0 Å². The van der Waals surface area contributed by atoms with Crippen LogP contribution in [0.5, 0.6) is 23.0 Å². The molecular formula is C19H13BO2. The Morgan fingerprint density at radius 1 is 0.773 bits per heavy atom. The second kappa shape index (κ2) is 4.17. The molecule has 0 aromatic heterocycles. The lowest BCUT2D eigenvalue weighted by Crippen LogP contribution is -2.57. The fraction of sp³-hybridized carbons (Fsp3) is 0.0526. The van der Waals surface area contributed by atoms with Gasteiger partial charge in [-0.15, -0.1) is 0 Å². The van der Waals surface area contributed by atoms with E-state index in [1.807, 2.05) is 0 Å². The van der Waals surface area contributed by atoms with Crippen molar-refractivity contribution in [1.82, 2.24) is 0 Å². The lowest BCUT2D eigenvalue weighted by Gasteiger charge is -2.33. The van der Waals surface area contributed by atoms with Crippen molar-refractivity contribution in [3.05, 3.63) is 66.0 Å². The third kappa shape index (κ3) is 1.46. The Labute approximate surface area is 143 Å². The van der Waals surface area contributed by atoms with Crippen molar-refractivity contribution in [3.63, 3.8) is 0 Å². The standard InChI is InChI=1S/C19H13BO2/c1-12-10-11-17-18-19(12)22-16-9-5-3-7-14(16)20(18)13-6-2-4-8-15(13)21-17/h2-11H,1H3/i2D,3D,4D,5D,6D,7D,8D,9D,10D,11D. The lowest BCUT2D eigenvalue weighted by atomic mass is 9.35. The van der Waals surface area contributed by atoms with E-state index < -0.39 is 55.1 Å². The third-order valence-corrected chi connectivity index (χ3v) is 3.83. The number of rotatable bonds is 0. The minimum absolute atomic E-state index is 0.00383. The molecule has 0 amide bonds. The molecule has 0 saturated carbocycles. The minimum Gasteiger partial charge on any atom is -0.458 e. The van der Waals surface area contributed by atoms with Crippen molar-refractivity contribution >= 4 is 23.1 Å². The van der Waals surface area contributed by atoms with E-state index >= 15 is 0 Å². The summed E-state index contributed by atoms with van der Waals surface area (Å²) in [6.45, 7) is 0.443. The summed E-state index contributed by atoms with van der Waals surface area (Å²) in [4.78, 5) is 0. The van der Waals surface area contributed by atoms with Crippen LogP contribution in [0, 0.1) is 6.92 Å². The molecule has 0 spiro atoms. The number of ether oxygens (including phenoxy) is 2. The summed E-state index contributed by atoms with van der Waals surface area (Å²) in [6, 6.07) is -4.36. The molecule has 0 atom stereocenters. The summed E-state index contributed by atoms with van der Waals surface area (Å²) in [5.74, 6) is -0.464. The van der Waals surface area contributed by atoms with Crippen LogP contribution in [0.3, 0.4) is 0 Å². The number of hydrogen-bond acceptors (Lipinski definition) is 2. The number of fused-ring (bicyclic) bond motifs is 4. The maximum absolute atomic E-state index is 8.50. The molecule has 22 heavy (non-hydrogen) atoms. The first-order chi connectivity index (χ1) is 15.0. The van der Waals surface area contributed by atoms with Gasteiger partial charge < -0.3 is 9.47 Å². The molecule has 0 aliphatic carbocycles. The molecule has 0 saturated heterocycles. The Kier molecular flexibility index (Phi) is 1.11. The first kappa shape index (κ1) is 5.84. The monoisotopic (exact) mass is 294 g/mol. The quantitative estimate of drug-likeness (QED) is 0.409. The minimum atomic E-state index is -1.10. The van der Waals surface area contributed by atoms with Gasteiger partial charge in [0.1, 0.15) is 23.0 Å². The fourth-order valence-electron chi connectivity index (χ4n) is 2.88. The molecular weight excluding hydrogens is 271 g/mol. The molecule has 0 unspecified atom stereocenters. The number of hydrogen-bond donors (Lipinski definition) is 0. The van der Waals surface area contributed by atoms with E-state index in [4.69, 9.17) is 23.2 Å². The van der Waals surface area contributed by atoms with E-state index in [-0.39, 0.29) is 57.0 Å². The summed E-state index contributed by atoms with van der Waals surface area (Å²) in [5, 5.41) is 0. The van der Waals surface area contributed by atoms with Crippen LogP contribution in [0.1, 0.15) is 19.3 Å². The molecule has 3 heteroatoms. The third-order valence-electron chi connectivity index (χ3n) is 3.83. The van der Waals surface area contributed by atoms with Gasteiger partial charge in [0.25, 0.3) is 6.71 Å². The van der Waals surface area contributed by atoms with Crippen LogP contribution >= 0.6 is 0 Å². The van der Waals surface area contributed by atoms with E-state index in [2.05, 4.69) is 0 Å². The second-order valence-corrected chi connectivity index (χ2v) is 5.07. The summed E-state index contributed by atoms with van der Waals surface area (Å²) < 4.78 is 94.3. The molecule has 2 aliphatic heterocycles. The fourth-order valence-corrected chi connectivity index (χ4v) is 2.88. The van der Waals surface area contributed by atoms with Crippen molar-refractivity contribution in [2.24, 2.45) is 0 Å². The molecule has 5 rings (SSSR count). The molecule has 0 bridgehead atoms. The molecule has 0 fully saturated rings. The van der Waals surface area contributed by atoms with Gasteiger partial charge >= 0.3 is 0 Å². The van der Waals surface area contributed by atoms with Crippen molar-refractivity contribution in [2.45, 2.75) is 6.92 Å². The van der Waals surface area contributed by atoms with Crippen LogP contribution in [0.15, 0.2) is 60.4 Å². The zero-order chi connectivity index (χ0) is 23.4. The predicted octanol–water partition coefficient (Wildman–Crippen LogP) is 2.72. The van der Waals surface area contributed by atoms with Crippen LogP contribution in [-0.4, -0.2) is 6.71 Å². The average molecular weight is 294 g/mol. The Hall–Kier alpha value is -2.68. The highest BCUT2D eigenvalue weighted by Crippen LogP contribution is 2.35. The number of benzene rings is 3. The normalized spacial score (nSPS) is 19.8. The summed E-state index contributed by atoms with van der Waals surface area (Å²) >= 11 is 0. The van der Waals surface area contributed by atoms with Crippen LogP contribution in [0.2, 0.25) is 0 Å². The highest BCUT2D eigenvalue weighted by atomic mass is 16.5. The maximum Gasteiger partial charge on any atom is 0.260 e. The zero-order valence-electron chi connectivity index (χ0n) is 21.4. The van der Waals surface area contributed by atoms with Crippen molar-refractivity contribution in [1.29, 1.82) is 0 Å². The molecule has 104 valence electrons.